The minimum atomic E-state index is -0.289. The topological polar surface area (TPSA) is 41.6 Å². The van der Waals surface area contributed by atoms with Gasteiger partial charge in [-0.25, -0.2) is 0 Å². The smallest absolute Gasteiger partial charge is 0.324 e. The van der Waals surface area contributed by atoms with E-state index < -0.39 is 0 Å². The molecule has 0 spiro atoms. The molecule has 0 bridgehead atoms. The van der Waals surface area contributed by atoms with E-state index in [1.807, 2.05) is 6.07 Å². The predicted octanol–water partition coefficient (Wildman–Crippen LogP) is 1.45. The third-order valence-corrected chi connectivity index (χ3v) is 3.67. The van der Waals surface area contributed by atoms with Crippen molar-refractivity contribution in [2.45, 2.75) is 19.4 Å². The summed E-state index contributed by atoms with van der Waals surface area (Å²) in [5.74, 6) is 0.392. The first-order valence-electron chi connectivity index (χ1n) is 6.73. The quantitative estimate of drug-likeness (QED) is 0.834. The Morgan fingerprint density at radius 1 is 1.53 bits per heavy atom. The second-order valence-corrected chi connectivity index (χ2v) is 5.21. The molecular formula is C15H22N2O2. The van der Waals surface area contributed by atoms with E-state index >= 15 is 0 Å². The first-order chi connectivity index (χ1) is 9.15. The molecule has 1 aromatic carbocycles. The third kappa shape index (κ3) is 3.07. The van der Waals surface area contributed by atoms with Crippen molar-refractivity contribution >= 4 is 11.7 Å². The number of rotatable bonds is 4. The van der Waals surface area contributed by atoms with Crippen molar-refractivity contribution < 1.29 is 9.53 Å². The molecule has 0 fully saturated rings. The second-order valence-electron chi connectivity index (χ2n) is 5.21. The molecule has 19 heavy (non-hydrogen) atoms. The Morgan fingerprint density at radius 3 is 2.95 bits per heavy atom. The summed E-state index contributed by atoms with van der Waals surface area (Å²) in [7, 11) is 3.22. The number of fused-ring (bicyclic) bond motifs is 1. The van der Waals surface area contributed by atoms with Gasteiger partial charge in [-0.05, 0) is 31.0 Å². The zero-order chi connectivity index (χ0) is 13.8. The molecule has 0 amide bonds. The monoisotopic (exact) mass is 262 g/mol. The number of nitrogens with zero attached hydrogens (tertiary/aromatic N) is 1. The number of esters is 1. The van der Waals surface area contributed by atoms with Crippen LogP contribution in [0.3, 0.4) is 0 Å². The van der Waals surface area contributed by atoms with Crippen LogP contribution in [0.15, 0.2) is 24.3 Å². The van der Waals surface area contributed by atoms with Crippen molar-refractivity contribution in [1.82, 2.24) is 5.32 Å². The highest BCUT2D eigenvalue weighted by Crippen LogP contribution is 2.29. The summed E-state index contributed by atoms with van der Waals surface area (Å²) in [6.45, 7) is 3.87. The van der Waals surface area contributed by atoms with Gasteiger partial charge >= 0.3 is 5.97 Å². The van der Waals surface area contributed by atoms with Gasteiger partial charge in [-0.3, -0.25) is 4.79 Å². The average Bonchev–Trinajstić information content (AvgIpc) is 2.43. The first kappa shape index (κ1) is 13.9. The molecule has 0 saturated heterocycles. The molecule has 1 aliphatic heterocycles. The average molecular weight is 262 g/mol. The van der Waals surface area contributed by atoms with Crippen molar-refractivity contribution in [2.75, 3.05) is 32.1 Å². The van der Waals surface area contributed by atoms with Gasteiger partial charge in [0.05, 0.1) is 7.11 Å². The number of carbonyl (C=O) groups excluding carboxylic acids is 1. The van der Waals surface area contributed by atoms with Crippen LogP contribution in [0.2, 0.25) is 0 Å². The molecule has 4 nitrogen and oxygen atoms in total. The number of methoxy groups -OCH3 is 1. The van der Waals surface area contributed by atoms with Crippen LogP contribution < -0.4 is 10.2 Å². The van der Waals surface area contributed by atoms with E-state index in [4.69, 9.17) is 4.74 Å². The van der Waals surface area contributed by atoms with E-state index in [1.54, 1.807) is 7.05 Å². The Balaban J connectivity index is 2.18. The van der Waals surface area contributed by atoms with Crippen LogP contribution in [0.1, 0.15) is 12.5 Å². The second kappa shape index (κ2) is 6.06. The van der Waals surface area contributed by atoms with Crippen LogP contribution in [-0.4, -0.2) is 39.3 Å². The van der Waals surface area contributed by atoms with Crippen molar-refractivity contribution in [3.63, 3.8) is 0 Å². The number of hydrogen-bond donors (Lipinski definition) is 1. The van der Waals surface area contributed by atoms with Gasteiger partial charge in [-0.2, -0.15) is 0 Å². The molecule has 1 N–H and O–H groups in total. The van der Waals surface area contributed by atoms with E-state index in [2.05, 4.69) is 35.3 Å². The van der Waals surface area contributed by atoms with Crippen LogP contribution in [-0.2, 0) is 16.0 Å². The molecule has 4 heteroatoms. The summed E-state index contributed by atoms with van der Waals surface area (Å²) in [6.07, 6.45) is 1.11. The lowest BCUT2D eigenvalue weighted by atomic mass is 9.93. The van der Waals surface area contributed by atoms with Crippen LogP contribution in [0, 0.1) is 5.92 Å². The highest BCUT2D eigenvalue weighted by atomic mass is 16.5. The summed E-state index contributed by atoms with van der Waals surface area (Å²) >= 11 is 0. The third-order valence-electron chi connectivity index (χ3n) is 3.67. The predicted molar refractivity (Wildman–Crippen MR) is 76.4 cm³/mol. The Hall–Kier alpha value is -1.55. The summed E-state index contributed by atoms with van der Waals surface area (Å²) in [6, 6.07) is 8.14. The minimum absolute atomic E-state index is 0.210. The van der Waals surface area contributed by atoms with Gasteiger partial charge in [-0.15, -0.1) is 0 Å². The number of ether oxygens (including phenoxy) is 1. The molecule has 0 saturated carbocycles. The van der Waals surface area contributed by atoms with E-state index in [0.717, 1.165) is 13.0 Å². The lowest BCUT2D eigenvalue weighted by Crippen LogP contribution is -2.48. The molecule has 0 aliphatic carbocycles. The molecule has 2 unspecified atom stereocenters. The summed E-state index contributed by atoms with van der Waals surface area (Å²) < 4.78 is 4.83. The molecular weight excluding hydrogens is 240 g/mol. The standard InChI is InChI=1S/C15H22N2O2/c1-11-8-12-6-4-5-7-14(12)17(9-11)10-13(16-2)15(18)19-3/h4-7,11,13,16H,8-10H2,1-3H3. The lowest BCUT2D eigenvalue weighted by molar-refractivity contribution is -0.142. The number of nitrogens with one attached hydrogen (secondary N) is 1. The number of benzene rings is 1. The molecule has 1 aromatic rings. The Kier molecular flexibility index (Phi) is 4.43. The first-order valence-corrected chi connectivity index (χ1v) is 6.73. The van der Waals surface area contributed by atoms with Crippen molar-refractivity contribution in [3.8, 4) is 0 Å². The SMILES string of the molecule is CNC(CN1CC(C)Cc2ccccc21)C(=O)OC. The van der Waals surface area contributed by atoms with Gasteiger partial charge in [0.25, 0.3) is 0 Å². The van der Waals surface area contributed by atoms with E-state index in [1.165, 1.54) is 18.4 Å². The number of anilines is 1. The normalized spacial score (nSPS) is 19.7. The van der Waals surface area contributed by atoms with Gasteiger partial charge in [0.15, 0.2) is 0 Å². The van der Waals surface area contributed by atoms with Crippen molar-refractivity contribution in [1.29, 1.82) is 0 Å². The maximum Gasteiger partial charge on any atom is 0.324 e. The zero-order valence-corrected chi connectivity index (χ0v) is 11.8. The summed E-state index contributed by atoms with van der Waals surface area (Å²) in [5.41, 5.74) is 2.60. The molecule has 2 rings (SSSR count). The van der Waals surface area contributed by atoms with Crippen molar-refractivity contribution in [2.24, 2.45) is 5.92 Å². The van der Waals surface area contributed by atoms with E-state index in [9.17, 15) is 4.79 Å². The van der Waals surface area contributed by atoms with Crippen LogP contribution in [0.4, 0.5) is 5.69 Å². The van der Waals surface area contributed by atoms with Gasteiger partial charge in [0, 0.05) is 18.8 Å². The largest absolute Gasteiger partial charge is 0.468 e. The van der Waals surface area contributed by atoms with Crippen LogP contribution in [0.25, 0.3) is 0 Å². The molecule has 1 aliphatic rings. The number of hydrogen-bond acceptors (Lipinski definition) is 4. The molecule has 104 valence electrons. The zero-order valence-electron chi connectivity index (χ0n) is 11.8. The summed E-state index contributed by atoms with van der Waals surface area (Å²) in [5, 5.41) is 3.03. The number of carbonyl (C=O) groups is 1. The molecule has 1 heterocycles. The molecule has 0 aromatic heterocycles. The van der Waals surface area contributed by atoms with Crippen molar-refractivity contribution in [3.05, 3.63) is 29.8 Å². The fourth-order valence-electron chi connectivity index (χ4n) is 2.73. The Morgan fingerprint density at radius 2 is 2.26 bits per heavy atom. The Bertz CT molecular complexity index is 448. The van der Waals surface area contributed by atoms with Crippen LogP contribution >= 0.6 is 0 Å². The van der Waals surface area contributed by atoms with E-state index in [-0.39, 0.29) is 12.0 Å². The fraction of sp³-hybridized carbons (Fsp3) is 0.533. The van der Waals surface area contributed by atoms with Gasteiger partial charge < -0.3 is 15.0 Å². The van der Waals surface area contributed by atoms with Gasteiger partial charge in [0.1, 0.15) is 6.04 Å². The highest BCUT2D eigenvalue weighted by molar-refractivity contribution is 5.76. The van der Waals surface area contributed by atoms with E-state index in [0.29, 0.717) is 12.5 Å². The van der Waals surface area contributed by atoms with Gasteiger partial charge in [0.2, 0.25) is 0 Å². The number of para-hydroxylation sites is 1. The maximum atomic E-state index is 11.7. The molecule has 0 radical (unpaired) electrons. The minimum Gasteiger partial charge on any atom is -0.468 e. The lowest BCUT2D eigenvalue weighted by Gasteiger charge is -2.36. The number of likely N-dealkylation sites (N-methyl/N-ethyl adjacent to an activating group) is 1. The maximum absolute atomic E-state index is 11.7. The highest BCUT2D eigenvalue weighted by Gasteiger charge is 2.26. The fourth-order valence-corrected chi connectivity index (χ4v) is 2.73. The van der Waals surface area contributed by atoms with Gasteiger partial charge in [-0.1, -0.05) is 25.1 Å². The summed E-state index contributed by atoms with van der Waals surface area (Å²) in [4.78, 5) is 14.0. The molecule has 2 atom stereocenters. The van der Waals surface area contributed by atoms with Crippen LogP contribution in [0.5, 0.6) is 0 Å². The Labute approximate surface area is 114 Å².